The van der Waals surface area contributed by atoms with Crippen LogP contribution in [-0.2, 0) is 18.4 Å². The lowest BCUT2D eigenvalue weighted by molar-refractivity contribution is -0.870. The molecule has 1 amide bonds. The van der Waals surface area contributed by atoms with Gasteiger partial charge in [0.25, 0.3) is 0 Å². The van der Waals surface area contributed by atoms with Crippen LogP contribution in [0.15, 0.2) is 12.2 Å². The molecule has 334 valence electrons. The quantitative estimate of drug-likeness (QED) is 0.0245. The number of hydrogen-bond donors (Lipinski definition) is 3. The number of likely N-dealkylation sites (N-methyl/N-ethyl adjacent to an activating group) is 1. The van der Waals surface area contributed by atoms with E-state index in [0.717, 1.165) is 32.1 Å². The van der Waals surface area contributed by atoms with Crippen molar-refractivity contribution in [3.05, 3.63) is 12.2 Å². The maximum Gasteiger partial charge on any atom is 0.472 e. The number of aliphatic hydroxyl groups excluding tert-OH is 1. The van der Waals surface area contributed by atoms with Crippen molar-refractivity contribution in [3.63, 3.8) is 0 Å². The van der Waals surface area contributed by atoms with Crippen LogP contribution in [0.25, 0.3) is 0 Å². The number of phosphoric acid groups is 1. The van der Waals surface area contributed by atoms with Crippen LogP contribution in [0.4, 0.5) is 0 Å². The molecule has 8 nitrogen and oxygen atoms in total. The SMILES string of the molecule is CCCCCCCCCCCCCCCCCCCCCC/C=C/C(O)C(COP(=O)(O)OCC[N+](C)(C)C)NC(=O)CCCCCCCCCCCCCC. The maximum absolute atomic E-state index is 12.9. The number of phosphoric ester groups is 1. The number of allylic oxidation sites excluding steroid dienone is 1. The molecule has 0 aromatic carbocycles. The van der Waals surface area contributed by atoms with Gasteiger partial charge < -0.3 is 19.8 Å². The van der Waals surface area contributed by atoms with E-state index in [0.29, 0.717) is 17.4 Å². The van der Waals surface area contributed by atoms with E-state index >= 15 is 0 Å². The fourth-order valence-corrected chi connectivity index (χ4v) is 7.90. The summed E-state index contributed by atoms with van der Waals surface area (Å²) in [4.78, 5) is 23.1. The topological polar surface area (TPSA) is 105 Å². The third kappa shape index (κ3) is 41.4. The van der Waals surface area contributed by atoms with Gasteiger partial charge >= 0.3 is 7.82 Å². The van der Waals surface area contributed by atoms with Crippen molar-refractivity contribution < 1.29 is 32.9 Å². The molecule has 0 aliphatic heterocycles. The minimum absolute atomic E-state index is 0.0647. The van der Waals surface area contributed by atoms with E-state index in [4.69, 9.17) is 9.05 Å². The second-order valence-electron chi connectivity index (χ2n) is 17.8. The molecule has 0 saturated heterocycles. The molecule has 0 rings (SSSR count). The first kappa shape index (κ1) is 55.2. The smallest absolute Gasteiger partial charge is 0.387 e. The van der Waals surface area contributed by atoms with Crippen molar-refractivity contribution >= 4 is 13.7 Å². The standard InChI is InChI=1S/C47H95N2O6P/c1-6-8-10-12-14-16-18-20-21-22-23-24-25-26-27-28-29-30-32-34-36-38-40-46(50)45(44-55-56(52,53)54-43-42-49(3,4)5)48-47(51)41-39-37-35-33-31-19-17-15-13-11-9-7-2/h38,40,45-46,50H,6-37,39,41-44H2,1-5H3,(H-,48,51,52,53)/p+1/b40-38+. The molecule has 56 heavy (non-hydrogen) atoms. The molecule has 0 heterocycles. The molecule has 0 spiro atoms. The summed E-state index contributed by atoms with van der Waals surface area (Å²) in [5.41, 5.74) is 0. The highest BCUT2D eigenvalue weighted by Crippen LogP contribution is 2.43. The van der Waals surface area contributed by atoms with Gasteiger partial charge in [0.2, 0.25) is 5.91 Å². The number of amides is 1. The van der Waals surface area contributed by atoms with Gasteiger partial charge in [-0.3, -0.25) is 13.8 Å². The molecule has 0 radical (unpaired) electrons. The minimum atomic E-state index is -4.33. The molecule has 0 fully saturated rings. The molecular weight excluding hydrogens is 719 g/mol. The van der Waals surface area contributed by atoms with Gasteiger partial charge in [-0.25, -0.2) is 4.57 Å². The normalized spacial score (nSPS) is 14.3. The average Bonchev–Trinajstić information content (AvgIpc) is 3.15. The highest BCUT2D eigenvalue weighted by Gasteiger charge is 2.27. The highest BCUT2D eigenvalue weighted by atomic mass is 31.2. The fourth-order valence-electron chi connectivity index (χ4n) is 7.16. The minimum Gasteiger partial charge on any atom is -0.387 e. The Morgan fingerprint density at radius 2 is 0.946 bits per heavy atom. The number of hydrogen-bond acceptors (Lipinski definition) is 5. The molecule has 0 aromatic heterocycles. The third-order valence-electron chi connectivity index (χ3n) is 11.0. The maximum atomic E-state index is 12.9. The molecule has 3 unspecified atom stereocenters. The van der Waals surface area contributed by atoms with Gasteiger partial charge in [-0.1, -0.05) is 219 Å². The van der Waals surface area contributed by atoms with Gasteiger partial charge in [-0.05, 0) is 19.3 Å². The molecule has 3 N–H and O–H groups in total. The van der Waals surface area contributed by atoms with E-state index in [-0.39, 0.29) is 19.1 Å². The van der Waals surface area contributed by atoms with E-state index in [1.807, 2.05) is 27.2 Å². The van der Waals surface area contributed by atoms with Crippen LogP contribution < -0.4 is 5.32 Å². The van der Waals surface area contributed by atoms with Crippen LogP contribution in [0.5, 0.6) is 0 Å². The van der Waals surface area contributed by atoms with Gasteiger partial charge in [0, 0.05) is 6.42 Å². The van der Waals surface area contributed by atoms with Crippen LogP contribution in [0.2, 0.25) is 0 Å². The number of quaternary nitrogens is 1. The second-order valence-corrected chi connectivity index (χ2v) is 19.3. The van der Waals surface area contributed by atoms with Crippen molar-refractivity contribution in [2.24, 2.45) is 0 Å². The Morgan fingerprint density at radius 1 is 0.589 bits per heavy atom. The molecule has 0 aliphatic carbocycles. The Morgan fingerprint density at radius 3 is 1.32 bits per heavy atom. The summed E-state index contributed by atoms with van der Waals surface area (Å²) in [6.45, 7) is 4.83. The van der Waals surface area contributed by atoms with Crippen LogP contribution in [0.1, 0.15) is 232 Å². The van der Waals surface area contributed by atoms with Crippen LogP contribution >= 0.6 is 7.82 Å². The van der Waals surface area contributed by atoms with E-state index in [9.17, 15) is 19.4 Å². The summed E-state index contributed by atoms with van der Waals surface area (Å²) in [7, 11) is 1.58. The number of unbranched alkanes of at least 4 members (excludes halogenated alkanes) is 31. The van der Waals surface area contributed by atoms with Crippen molar-refractivity contribution in [1.29, 1.82) is 0 Å². The van der Waals surface area contributed by atoms with Crippen LogP contribution in [0, 0.1) is 0 Å². The molecule has 0 aromatic rings. The zero-order chi connectivity index (χ0) is 41.4. The first-order chi connectivity index (χ1) is 27.0. The summed E-state index contributed by atoms with van der Waals surface area (Å²) < 4.78 is 23.6. The van der Waals surface area contributed by atoms with Crippen molar-refractivity contribution in [3.8, 4) is 0 Å². The number of nitrogens with one attached hydrogen (secondary N) is 1. The number of aliphatic hydroxyl groups is 1. The van der Waals surface area contributed by atoms with Gasteiger partial charge in [0.1, 0.15) is 13.2 Å². The van der Waals surface area contributed by atoms with Gasteiger partial charge in [0.05, 0.1) is 39.9 Å². The first-order valence-corrected chi connectivity index (χ1v) is 25.6. The largest absolute Gasteiger partial charge is 0.472 e. The zero-order valence-electron chi connectivity index (χ0n) is 37.9. The Balaban J connectivity index is 4.28. The molecular formula is C47H96N2O6P+. The predicted molar refractivity (Wildman–Crippen MR) is 240 cm³/mol. The van der Waals surface area contributed by atoms with Crippen molar-refractivity contribution in [2.45, 2.75) is 244 Å². The van der Waals surface area contributed by atoms with E-state index in [1.54, 1.807) is 6.08 Å². The summed E-state index contributed by atoms with van der Waals surface area (Å²) >= 11 is 0. The molecule has 0 bridgehead atoms. The zero-order valence-corrected chi connectivity index (χ0v) is 38.8. The van der Waals surface area contributed by atoms with Gasteiger partial charge in [0.15, 0.2) is 0 Å². The monoisotopic (exact) mass is 816 g/mol. The first-order valence-electron chi connectivity index (χ1n) is 24.1. The lowest BCUT2D eigenvalue weighted by atomic mass is 10.0. The summed E-state index contributed by atoms with van der Waals surface area (Å²) in [5.74, 6) is -0.175. The predicted octanol–water partition coefficient (Wildman–Crippen LogP) is 13.5. The van der Waals surface area contributed by atoms with Gasteiger partial charge in [-0.15, -0.1) is 0 Å². The fraction of sp³-hybridized carbons (Fsp3) is 0.936. The summed E-state index contributed by atoms with van der Waals surface area (Å²) in [6, 6.07) is -0.839. The molecule has 3 atom stereocenters. The van der Waals surface area contributed by atoms with Gasteiger partial charge in [-0.2, -0.15) is 0 Å². The Hall–Kier alpha value is -0.760. The highest BCUT2D eigenvalue weighted by molar-refractivity contribution is 7.47. The lowest BCUT2D eigenvalue weighted by Crippen LogP contribution is -2.45. The van der Waals surface area contributed by atoms with Crippen molar-refractivity contribution in [2.75, 3.05) is 40.9 Å². The summed E-state index contributed by atoms with van der Waals surface area (Å²) in [6.07, 6.45) is 45.7. The van der Waals surface area contributed by atoms with Crippen LogP contribution in [-0.4, -0.2) is 73.4 Å². The Kier molecular flexibility index (Phi) is 39.1. The average molecular weight is 816 g/mol. The van der Waals surface area contributed by atoms with Crippen LogP contribution in [0.3, 0.4) is 0 Å². The Bertz CT molecular complexity index is 927. The number of carbonyl (C=O) groups is 1. The van der Waals surface area contributed by atoms with E-state index < -0.39 is 20.0 Å². The van der Waals surface area contributed by atoms with E-state index in [1.165, 1.54) is 180 Å². The lowest BCUT2D eigenvalue weighted by Gasteiger charge is -2.25. The second kappa shape index (κ2) is 39.7. The summed E-state index contributed by atoms with van der Waals surface area (Å²) in [5, 5.41) is 13.8. The molecule has 0 saturated carbocycles. The van der Waals surface area contributed by atoms with Crippen molar-refractivity contribution in [1.82, 2.24) is 5.32 Å². The van der Waals surface area contributed by atoms with E-state index in [2.05, 4.69) is 19.2 Å². The Labute approximate surface area is 348 Å². The molecule has 0 aliphatic rings. The molecule has 9 heteroatoms. The number of rotatable bonds is 44. The number of nitrogens with zero attached hydrogens (tertiary/aromatic N) is 1. The number of carbonyl (C=O) groups excluding carboxylic acids is 1. The third-order valence-corrected chi connectivity index (χ3v) is 12.0.